The molecule has 2 rings (SSSR count). The predicted octanol–water partition coefficient (Wildman–Crippen LogP) is 0.819. The topological polar surface area (TPSA) is 44.9 Å². The van der Waals surface area contributed by atoms with Crippen LogP contribution in [0.5, 0.6) is 0 Å². The van der Waals surface area contributed by atoms with Crippen molar-refractivity contribution in [1.82, 2.24) is 10.3 Å². The van der Waals surface area contributed by atoms with Gasteiger partial charge in [-0.05, 0) is 13.0 Å². The van der Waals surface area contributed by atoms with E-state index >= 15 is 0 Å². The van der Waals surface area contributed by atoms with E-state index < -0.39 is 0 Å². The summed E-state index contributed by atoms with van der Waals surface area (Å²) in [5.74, 6) is 0.0313. The minimum atomic E-state index is 0.0313. The van der Waals surface area contributed by atoms with Crippen LogP contribution in [0.4, 0.5) is 0 Å². The summed E-state index contributed by atoms with van der Waals surface area (Å²) in [6, 6.07) is 1.95. The number of fused-ring (bicyclic) bond motifs is 1. The van der Waals surface area contributed by atoms with E-state index in [-0.39, 0.29) is 11.9 Å². The molecule has 2 N–H and O–H groups in total. The molecule has 0 spiro atoms. The second-order valence-corrected chi connectivity index (χ2v) is 2.50. The Labute approximate surface area is 58.4 Å². The van der Waals surface area contributed by atoms with Crippen molar-refractivity contribution in [2.45, 2.75) is 13.0 Å². The third-order valence-corrected chi connectivity index (χ3v) is 1.80. The standard InChI is InChI=1S/C7H8N2O/c1-4-6-5(2-3-8-6)7(10)9-4/h2-4,8H,1H3,(H,9,10). The second kappa shape index (κ2) is 1.62. The summed E-state index contributed by atoms with van der Waals surface area (Å²) in [6.45, 7) is 1.96. The summed E-state index contributed by atoms with van der Waals surface area (Å²) in [7, 11) is 0. The summed E-state index contributed by atoms with van der Waals surface area (Å²) in [5.41, 5.74) is 1.79. The average molecular weight is 136 g/mol. The molecular formula is C7H8N2O. The molecule has 3 nitrogen and oxygen atoms in total. The molecule has 1 aromatic heterocycles. The molecule has 1 amide bonds. The van der Waals surface area contributed by atoms with Crippen LogP contribution in [0.3, 0.4) is 0 Å². The Morgan fingerprint density at radius 2 is 2.40 bits per heavy atom. The van der Waals surface area contributed by atoms with Gasteiger partial charge in [-0.2, -0.15) is 0 Å². The van der Waals surface area contributed by atoms with E-state index in [0.717, 1.165) is 11.3 Å². The molecule has 0 saturated heterocycles. The predicted molar refractivity (Wildman–Crippen MR) is 36.7 cm³/mol. The van der Waals surface area contributed by atoms with Gasteiger partial charge in [0.25, 0.3) is 5.91 Å². The van der Waals surface area contributed by atoms with Crippen molar-refractivity contribution in [2.24, 2.45) is 0 Å². The minimum absolute atomic E-state index is 0.0313. The van der Waals surface area contributed by atoms with Gasteiger partial charge >= 0.3 is 0 Å². The zero-order valence-electron chi connectivity index (χ0n) is 5.64. The first-order valence-electron chi connectivity index (χ1n) is 3.27. The number of H-pyrrole nitrogens is 1. The van der Waals surface area contributed by atoms with Gasteiger partial charge in [0.1, 0.15) is 0 Å². The number of hydrogen-bond donors (Lipinski definition) is 2. The fourth-order valence-electron chi connectivity index (χ4n) is 1.29. The Hall–Kier alpha value is -1.25. The highest BCUT2D eigenvalue weighted by Gasteiger charge is 2.25. The summed E-state index contributed by atoms with van der Waals surface area (Å²) >= 11 is 0. The maximum Gasteiger partial charge on any atom is 0.253 e. The normalized spacial score (nSPS) is 22.5. The van der Waals surface area contributed by atoms with Gasteiger partial charge in [-0.1, -0.05) is 0 Å². The van der Waals surface area contributed by atoms with Crippen molar-refractivity contribution >= 4 is 5.91 Å². The number of hydrogen-bond acceptors (Lipinski definition) is 1. The number of rotatable bonds is 0. The van der Waals surface area contributed by atoms with Gasteiger partial charge in [0.2, 0.25) is 0 Å². The van der Waals surface area contributed by atoms with E-state index in [1.165, 1.54) is 0 Å². The SMILES string of the molecule is CC1NC(=O)c2cc[nH]c21. The van der Waals surface area contributed by atoms with E-state index in [1.54, 1.807) is 12.3 Å². The van der Waals surface area contributed by atoms with E-state index in [1.807, 2.05) is 6.92 Å². The molecule has 1 unspecified atom stereocenters. The Morgan fingerprint density at radius 1 is 1.60 bits per heavy atom. The van der Waals surface area contributed by atoms with Crippen molar-refractivity contribution in [1.29, 1.82) is 0 Å². The van der Waals surface area contributed by atoms with Crippen molar-refractivity contribution in [3.05, 3.63) is 23.5 Å². The van der Waals surface area contributed by atoms with E-state index in [2.05, 4.69) is 10.3 Å². The largest absolute Gasteiger partial charge is 0.363 e. The van der Waals surface area contributed by atoms with Crippen molar-refractivity contribution in [3.8, 4) is 0 Å². The summed E-state index contributed by atoms with van der Waals surface area (Å²) in [6.07, 6.45) is 1.79. The lowest BCUT2D eigenvalue weighted by Gasteiger charge is -1.99. The molecule has 10 heavy (non-hydrogen) atoms. The fourth-order valence-corrected chi connectivity index (χ4v) is 1.29. The molecule has 0 aromatic carbocycles. The molecule has 52 valence electrons. The van der Waals surface area contributed by atoms with Crippen molar-refractivity contribution < 1.29 is 4.79 Å². The molecule has 1 aliphatic rings. The Bertz CT molecular complexity index is 277. The third-order valence-electron chi connectivity index (χ3n) is 1.80. The zero-order valence-corrected chi connectivity index (χ0v) is 5.64. The quantitative estimate of drug-likeness (QED) is 0.545. The van der Waals surface area contributed by atoms with Gasteiger partial charge in [-0.25, -0.2) is 0 Å². The molecule has 0 aliphatic carbocycles. The number of carbonyl (C=O) groups excluding carboxylic acids is 1. The first-order valence-corrected chi connectivity index (χ1v) is 3.27. The monoisotopic (exact) mass is 136 g/mol. The molecular weight excluding hydrogens is 128 g/mol. The third kappa shape index (κ3) is 0.518. The van der Waals surface area contributed by atoms with Crippen LogP contribution in [0.2, 0.25) is 0 Å². The first kappa shape index (κ1) is 5.53. The van der Waals surface area contributed by atoms with Crippen LogP contribution >= 0.6 is 0 Å². The van der Waals surface area contributed by atoms with Gasteiger partial charge in [-0.15, -0.1) is 0 Å². The maximum atomic E-state index is 11.0. The van der Waals surface area contributed by atoms with Crippen LogP contribution in [0, 0.1) is 0 Å². The molecule has 1 aromatic rings. The first-order chi connectivity index (χ1) is 4.79. The molecule has 1 aliphatic heterocycles. The van der Waals surface area contributed by atoms with Gasteiger partial charge < -0.3 is 10.3 Å². The lowest BCUT2D eigenvalue weighted by molar-refractivity contribution is 0.0958. The maximum absolute atomic E-state index is 11.0. The molecule has 3 heteroatoms. The zero-order chi connectivity index (χ0) is 7.14. The molecule has 2 heterocycles. The molecule has 0 fully saturated rings. The lowest BCUT2D eigenvalue weighted by atomic mass is 10.2. The van der Waals surface area contributed by atoms with Crippen molar-refractivity contribution in [2.75, 3.05) is 0 Å². The van der Waals surface area contributed by atoms with Gasteiger partial charge in [0.15, 0.2) is 0 Å². The highest BCUT2D eigenvalue weighted by Crippen LogP contribution is 2.22. The number of aromatic nitrogens is 1. The molecule has 0 radical (unpaired) electrons. The average Bonchev–Trinajstić information content (AvgIpc) is 2.39. The second-order valence-electron chi connectivity index (χ2n) is 2.50. The highest BCUT2D eigenvalue weighted by molar-refractivity contribution is 5.98. The van der Waals surface area contributed by atoms with Crippen LogP contribution in [-0.2, 0) is 0 Å². The fraction of sp³-hybridized carbons (Fsp3) is 0.286. The molecule has 0 saturated carbocycles. The number of nitrogens with one attached hydrogen (secondary N) is 2. The number of carbonyl (C=O) groups is 1. The molecule has 1 atom stereocenters. The number of aromatic amines is 1. The smallest absolute Gasteiger partial charge is 0.253 e. The van der Waals surface area contributed by atoms with E-state index in [9.17, 15) is 4.79 Å². The summed E-state index contributed by atoms with van der Waals surface area (Å²) in [4.78, 5) is 14.0. The van der Waals surface area contributed by atoms with E-state index in [4.69, 9.17) is 0 Å². The Balaban J connectivity index is 2.58. The van der Waals surface area contributed by atoms with Gasteiger partial charge in [-0.3, -0.25) is 4.79 Å². The van der Waals surface area contributed by atoms with Gasteiger partial charge in [0, 0.05) is 6.20 Å². The Kier molecular flexibility index (Phi) is 0.897. The van der Waals surface area contributed by atoms with Crippen LogP contribution in [0.25, 0.3) is 0 Å². The van der Waals surface area contributed by atoms with Gasteiger partial charge in [0.05, 0.1) is 17.3 Å². The van der Waals surface area contributed by atoms with E-state index in [0.29, 0.717) is 0 Å². The van der Waals surface area contributed by atoms with Crippen LogP contribution in [0.15, 0.2) is 12.3 Å². The summed E-state index contributed by atoms with van der Waals surface area (Å²) in [5, 5.41) is 2.79. The highest BCUT2D eigenvalue weighted by atomic mass is 16.2. The van der Waals surface area contributed by atoms with Crippen LogP contribution in [0.1, 0.15) is 29.0 Å². The van der Waals surface area contributed by atoms with Crippen LogP contribution in [-0.4, -0.2) is 10.9 Å². The lowest BCUT2D eigenvalue weighted by Crippen LogP contribution is -2.16. The Morgan fingerprint density at radius 3 is 3.10 bits per heavy atom. The minimum Gasteiger partial charge on any atom is -0.363 e. The van der Waals surface area contributed by atoms with Crippen molar-refractivity contribution in [3.63, 3.8) is 0 Å². The summed E-state index contributed by atoms with van der Waals surface area (Å²) < 4.78 is 0. The molecule has 0 bridgehead atoms. The van der Waals surface area contributed by atoms with Crippen LogP contribution < -0.4 is 5.32 Å². The number of amides is 1.